The Balaban J connectivity index is 1.85. The summed E-state index contributed by atoms with van der Waals surface area (Å²) in [7, 11) is 0. The minimum Gasteiger partial charge on any atom is -0.426 e. The van der Waals surface area contributed by atoms with Crippen molar-refractivity contribution in [2.24, 2.45) is 0 Å². The Morgan fingerprint density at radius 2 is 1.78 bits per heavy atom. The number of hydrogen-bond acceptors (Lipinski definition) is 6. The van der Waals surface area contributed by atoms with Gasteiger partial charge in [0.05, 0.1) is 5.56 Å². The molecule has 2 atom stereocenters. The van der Waals surface area contributed by atoms with Crippen LogP contribution in [0, 0.1) is 13.8 Å². The van der Waals surface area contributed by atoms with Crippen molar-refractivity contribution in [2.75, 3.05) is 12.8 Å². The molecule has 2 aromatic carbocycles. The van der Waals surface area contributed by atoms with Crippen molar-refractivity contribution < 1.29 is 32.5 Å². The molecular formula is C26H33F3N3O3S+. The number of carbonyl (C=O) groups is 1. The van der Waals surface area contributed by atoms with E-state index < -0.39 is 16.7 Å². The molecule has 1 aliphatic rings. The predicted octanol–water partition coefficient (Wildman–Crippen LogP) is 5.94. The van der Waals surface area contributed by atoms with Crippen LogP contribution >= 0.6 is 11.8 Å². The monoisotopic (exact) mass is 524 g/mol. The number of nitrogens with zero attached hydrogens (tertiary/aromatic N) is 3. The summed E-state index contributed by atoms with van der Waals surface area (Å²) in [6.45, 7) is 9.91. The summed E-state index contributed by atoms with van der Waals surface area (Å²) in [4.78, 5) is 10.6. The number of hydrazine groups is 1. The van der Waals surface area contributed by atoms with E-state index in [9.17, 15) is 23.2 Å². The summed E-state index contributed by atoms with van der Waals surface area (Å²) in [6, 6.07) is 9.14. The second kappa shape index (κ2) is 10.8. The number of aryl methyl sites for hydroxylation is 2. The molecule has 36 heavy (non-hydrogen) atoms. The number of thioether (sulfide) groups is 1. The molecule has 3 rings (SSSR count). The quantitative estimate of drug-likeness (QED) is 0.262. The van der Waals surface area contributed by atoms with Gasteiger partial charge < -0.3 is 4.74 Å². The third kappa shape index (κ3) is 5.87. The van der Waals surface area contributed by atoms with Crippen molar-refractivity contribution in [1.82, 2.24) is 10.2 Å². The normalized spacial score (nSPS) is 19.4. The van der Waals surface area contributed by atoms with E-state index >= 15 is 0 Å². The number of carbonyl (C=O) groups excluding carboxylic acids is 1. The first-order valence-corrected chi connectivity index (χ1v) is 12.9. The number of benzene rings is 2. The SMILES string of the molecule is CCC(CN1C=[N+](Cc2cc(C)c(OC(C)=O)c(C)c2)C(C)(SC)N1O)c1ccc(C(F)(F)F)cc1. The summed E-state index contributed by atoms with van der Waals surface area (Å²) < 4.78 is 46.3. The zero-order valence-electron chi connectivity index (χ0n) is 21.4. The van der Waals surface area contributed by atoms with Crippen LogP contribution in [0.2, 0.25) is 0 Å². The molecule has 0 saturated carbocycles. The fourth-order valence-corrected chi connectivity index (χ4v) is 5.07. The number of esters is 1. The Labute approximate surface area is 214 Å². The average molecular weight is 525 g/mol. The molecule has 2 unspecified atom stereocenters. The van der Waals surface area contributed by atoms with E-state index in [2.05, 4.69) is 0 Å². The fraction of sp³-hybridized carbons (Fsp3) is 0.462. The number of rotatable bonds is 8. The van der Waals surface area contributed by atoms with Crippen LogP contribution < -0.4 is 4.74 Å². The maximum Gasteiger partial charge on any atom is 0.416 e. The van der Waals surface area contributed by atoms with Crippen LogP contribution in [-0.2, 0) is 17.5 Å². The van der Waals surface area contributed by atoms with Crippen molar-refractivity contribution in [3.8, 4) is 5.75 Å². The van der Waals surface area contributed by atoms with E-state index in [1.54, 1.807) is 5.01 Å². The Hall–Kier alpha value is -2.56. The highest BCUT2D eigenvalue weighted by Crippen LogP contribution is 2.36. The summed E-state index contributed by atoms with van der Waals surface area (Å²) in [5, 5.41) is 14.0. The fourth-order valence-electron chi connectivity index (χ4n) is 4.45. The van der Waals surface area contributed by atoms with Crippen LogP contribution in [0.15, 0.2) is 36.4 Å². The molecule has 1 N–H and O–H groups in total. The van der Waals surface area contributed by atoms with Crippen molar-refractivity contribution in [1.29, 1.82) is 0 Å². The van der Waals surface area contributed by atoms with Crippen molar-refractivity contribution in [2.45, 2.75) is 64.7 Å². The second-order valence-electron chi connectivity index (χ2n) is 9.17. The summed E-state index contributed by atoms with van der Waals surface area (Å²) >= 11 is 1.46. The number of ether oxygens (including phenoxy) is 1. The largest absolute Gasteiger partial charge is 0.426 e. The number of hydroxylamine groups is 1. The Bertz CT molecular complexity index is 1110. The molecular weight excluding hydrogens is 491 g/mol. The summed E-state index contributed by atoms with van der Waals surface area (Å²) in [6.07, 6.45) is 0.0586. The Morgan fingerprint density at radius 3 is 2.25 bits per heavy atom. The molecule has 0 spiro atoms. The smallest absolute Gasteiger partial charge is 0.416 e. The van der Waals surface area contributed by atoms with Gasteiger partial charge in [-0.25, -0.2) is 4.58 Å². The van der Waals surface area contributed by atoms with Crippen LogP contribution in [0.1, 0.15) is 60.9 Å². The standard InChI is InChI=1S/C26H33F3N3O3S/c1-7-21(22-8-10-23(11-9-22)26(27,28)29)15-31-16-30(25(5,36-6)32(31)34)14-20-12-17(2)24(18(3)13-20)35-19(4)33/h8-13,16,21,34H,7,14-15H2,1-6H3/q+1. The van der Waals surface area contributed by atoms with Gasteiger partial charge in [0, 0.05) is 24.9 Å². The summed E-state index contributed by atoms with van der Waals surface area (Å²) in [5.74, 6) is 0.0932. The lowest BCUT2D eigenvalue weighted by Gasteiger charge is -2.29. The van der Waals surface area contributed by atoms with Crippen LogP contribution in [-0.4, -0.2) is 50.1 Å². The summed E-state index contributed by atoms with van der Waals surface area (Å²) in [5.41, 5.74) is 2.78. The molecule has 1 aliphatic heterocycles. The van der Waals surface area contributed by atoms with E-state index in [0.29, 0.717) is 25.3 Å². The van der Waals surface area contributed by atoms with Crippen LogP contribution in [0.4, 0.5) is 13.2 Å². The molecule has 10 heteroatoms. The van der Waals surface area contributed by atoms with Gasteiger partial charge in [-0.05, 0) is 73.0 Å². The molecule has 2 aromatic rings. The lowest BCUT2D eigenvalue weighted by atomic mass is 9.95. The molecule has 0 fully saturated rings. The maximum atomic E-state index is 13.0. The molecule has 1 heterocycles. The lowest BCUT2D eigenvalue weighted by molar-refractivity contribution is -0.618. The Morgan fingerprint density at radius 1 is 1.19 bits per heavy atom. The molecule has 0 aromatic heterocycles. The molecule has 0 amide bonds. The second-order valence-corrected chi connectivity index (χ2v) is 10.4. The minimum atomic E-state index is -4.38. The van der Waals surface area contributed by atoms with Gasteiger partial charge in [0.25, 0.3) is 11.3 Å². The van der Waals surface area contributed by atoms with E-state index in [4.69, 9.17) is 4.74 Å². The van der Waals surface area contributed by atoms with Crippen LogP contribution in [0.3, 0.4) is 0 Å². The van der Waals surface area contributed by atoms with Gasteiger partial charge >= 0.3 is 12.1 Å². The van der Waals surface area contributed by atoms with Crippen molar-refractivity contribution in [3.63, 3.8) is 0 Å². The first kappa shape index (κ1) is 28.0. The molecule has 0 bridgehead atoms. The van der Waals surface area contributed by atoms with Gasteiger partial charge in [0.1, 0.15) is 18.8 Å². The van der Waals surface area contributed by atoms with Gasteiger partial charge in [-0.15, -0.1) is 0 Å². The lowest BCUT2D eigenvalue weighted by Crippen LogP contribution is -2.50. The highest BCUT2D eigenvalue weighted by molar-refractivity contribution is 7.99. The van der Waals surface area contributed by atoms with Gasteiger partial charge in [0.15, 0.2) is 0 Å². The zero-order chi connectivity index (χ0) is 26.8. The number of alkyl halides is 3. The van der Waals surface area contributed by atoms with Gasteiger partial charge in [-0.1, -0.05) is 30.8 Å². The third-order valence-electron chi connectivity index (χ3n) is 6.54. The van der Waals surface area contributed by atoms with Gasteiger partial charge in [0.2, 0.25) is 0 Å². The zero-order valence-corrected chi connectivity index (χ0v) is 22.2. The Kier molecular flexibility index (Phi) is 8.42. The number of halogens is 3. The van der Waals surface area contributed by atoms with Crippen LogP contribution in [0.5, 0.6) is 5.75 Å². The van der Waals surface area contributed by atoms with E-state index in [1.807, 2.05) is 57.0 Å². The first-order chi connectivity index (χ1) is 16.8. The molecule has 0 aliphatic carbocycles. The third-order valence-corrected chi connectivity index (χ3v) is 7.71. The average Bonchev–Trinajstić information content (AvgIpc) is 3.04. The van der Waals surface area contributed by atoms with Crippen LogP contribution in [0.25, 0.3) is 0 Å². The molecule has 196 valence electrons. The minimum absolute atomic E-state index is 0.0864. The van der Waals surface area contributed by atoms with Gasteiger partial charge in [-0.3, -0.25) is 10.0 Å². The molecule has 6 nitrogen and oxygen atoms in total. The topological polar surface area (TPSA) is 56.0 Å². The molecule has 0 radical (unpaired) electrons. The van der Waals surface area contributed by atoms with Gasteiger partial charge in [-0.2, -0.15) is 18.2 Å². The predicted molar refractivity (Wildman–Crippen MR) is 134 cm³/mol. The number of hydrogen-bond donors (Lipinski definition) is 1. The highest BCUT2D eigenvalue weighted by atomic mass is 32.2. The van der Waals surface area contributed by atoms with Crippen molar-refractivity contribution >= 4 is 24.1 Å². The van der Waals surface area contributed by atoms with E-state index in [1.165, 1.54) is 36.0 Å². The first-order valence-electron chi connectivity index (χ1n) is 11.7. The molecule has 0 saturated heterocycles. The van der Waals surface area contributed by atoms with Crippen molar-refractivity contribution in [3.05, 3.63) is 64.2 Å². The maximum absolute atomic E-state index is 13.0. The highest BCUT2D eigenvalue weighted by Gasteiger charge is 2.50. The van der Waals surface area contributed by atoms with E-state index in [0.717, 1.165) is 34.4 Å². The van der Waals surface area contributed by atoms with E-state index in [-0.39, 0.29) is 11.9 Å².